The average molecular weight is 535 g/mol. The fourth-order valence-electron chi connectivity index (χ4n) is 9.30. The molecule has 4 aliphatic carbocycles. The van der Waals surface area contributed by atoms with E-state index in [0.29, 0.717) is 47.8 Å². The van der Waals surface area contributed by atoms with E-state index in [1.807, 2.05) is 13.8 Å². The summed E-state index contributed by atoms with van der Waals surface area (Å²) in [6, 6.07) is 0. The summed E-state index contributed by atoms with van der Waals surface area (Å²) in [5, 5.41) is 10.2. The Morgan fingerprint density at radius 3 is 2.42 bits per heavy atom. The number of fused-ring (bicyclic) bond motifs is 5. The lowest BCUT2D eigenvalue weighted by Crippen LogP contribution is -2.57. The zero-order chi connectivity index (χ0) is 27.9. The van der Waals surface area contributed by atoms with Crippen molar-refractivity contribution in [2.75, 3.05) is 14.2 Å². The van der Waals surface area contributed by atoms with Crippen LogP contribution in [0.15, 0.2) is 11.6 Å². The highest BCUT2D eigenvalue weighted by Crippen LogP contribution is 2.67. The molecule has 38 heavy (non-hydrogen) atoms. The molecule has 0 unspecified atom stereocenters. The van der Waals surface area contributed by atoms with Crippen molar-refractivity contribution >= 4 is 12.3 Å². The van der Waals surface area contributed by atoms with Gasteiger partial charge in [-0.15, -0.1) is 0 Å². The zero-order valence-corrected chi connectivity index (χ0v) is 24.6. The largest absolute Gasteiger partial charge is 0.508 e. The topological polar surface area (TPSA) is 91.3 Å². The van der Waals surface area contributed by atoms with Gasteiger partial charge in [0.05, 0.1) is 19.8 Å². The van der Waals surface area contributed by atoms with Crippen LogP contribution >= 0.6 is 0 Å². The normalized spacial score (nSPS) is 39.1. The van der Waals surface area contributed by atoms with Crippen LogP contribution in [0.25, 0.3) is 0 Å². The Morgan fingerprint density at radius 2 is 1.76 bits per heavy atom. The number of carbonyl (C=O) groups excluding carboxylic acids is 2. The molecule has 0 aromatic rings. The molecule has 216 valence electrons. The number of carbonyl (C=O) groups is 2. The minimum absolute atomic E-state index is 0.301. The monoisotopic (exact) mass is 534 g/mol. The number of hydrogen-bond acceptors (Lipinski definition) is 7. The van der Waals surface area contributed by atoms with Gasteiger partial charge >= 0.3 is 12.3 Å². The third kappa shape index (κ3) is 5.46. The van der Waals surface area contributed by atoms with E-state index in [4.69, 9.17) is 18.9 Å². The van der Waals surface area contributed by atoms with Gasteiger partial charge < -0.3 is 24.1 Å². The quantitative estimate of drug-likeness (QED) is 0.276. The maximum absolute atomic E-state index is 12.3. The first-order valence-corrected chi connectivity index (χ1v) is 14.7. The molecule has 0 aliphatic heterocycles. The van der Waals surface area contributed by atoms with Crippen LogP contribution in [0.5, 0.6) is 0 Å². The summed E-state index contributed by atoms with van der Waals surface area (Å²) in [4.78, 5) is 24.2. The predicted molar refractivity (Wildman–Crippen MR) is 144 cm³/mol. The second-order valence-corrected chi connectivity index (χ2v) is 13.7. The molecule has 1 N–H and O–H groups in total. The van der Waals surface area contributed by atoms with Crippen LogP contribution < -0.4 is 0 Å². The second-order valence-electron chi connectivity index (χ2n) is 13.7. The summed E-state index contributed by atoms with van der Waals surface area (Å²) in [6.45, 7) is 11.1. The fraction of sp³-hybridized carbons (Fsp3) is 0.871. The molecule has 0 saturated heterocycles. The van der Waals surface area contributed by atoms with Crippen molar-refractivity contribution < 1.29 is 33.6 Å². The van der Waals surface area contributed by atoms with Crippen LogP contribution in [-0.4, -0.2) is 49.4 Å². The number of aliphatic hydroxyl groups is 1. The highest BCUT2D eigenvalue weighted by atomic mass is 16.7. The van der Waals surface area contributed by atoms with Gasteiger partial charge in [0.1, 0.15) is 12.2 Å². The van der Waals surface area contributed by atoms with E-state index in [1.165, 1.54) is 45.5 Å². The van der Waals surface area contributed by atoms with Crippen LogP contribution in [0.4, 0.5) is 9.59 Å². The summed E-state index contributed by atoms with van der Waals surface area (Å²) in [5.41, 5.74) is 0.669. The standard InChI is InChI=1S/C31H50O7/c1-19(9-8-15-29(2,3)34)23-12-13-24-22-11-10-20-17-21(37-27(32)35-6)18-26(38-28(33)36-7)31(20,5)25(22)14-16-30(23,24)4/h10,19,21-26,34H,8-9,11-18H2,1-7H3/t19-,21-,22+,23-,24+,25+,26+,30-,31+/m1/s1. The van der Waals surface area contributed by atoms with E-state index in [2.05, 4.69) is 26.8 Å². The molecule has 4 rings (SSSR count). The summed E-state index contributed by atoms with van der Waals surface area (Å²) >= 11 is 0. The van der Waals surface area contributed by atoms with Crippen LogP contribution in [0.3, 0.4) is 0 Å². The number of methoxy groups -OCH3 is 2. The Morgan fingerprint density at radius 1 is 1.08 bits per heavy atom. The molecular weight excluding hydrogens is 484 g/mol. The van der Waals surface area contributed by atoms with Crippen molar-refractivity contribution in [3.63, 3.8) is 0 Å². The van der Waals surface area contributed by atoms with Gasteiger partial charge in [0.25, 0.3) is 0 Å². The molecule has 0 aromatic carbocycles. The van der Waals surface area contributed by atoms with Gasteiger partial charge in [-0.2, -0.15) is 0 Å². The van der Waals surface area contributed by atoms with Crippen molar-refractivity contribution in [1.82, 2.24) is 0 Å². The molecule has 9 atom stereocenters. The van der Waals surface area contributed by atoms with Gasteiger partial charge in [0.2, 0.25) is 0 Å². The van der Waals surface area contributed by atoms with Gasteiger partial charge in [-0.1, -0.05) is 45.3 Å². The van der Waals surface area contributed by atoms with Crippen molar-refractivity contribution in [2.24, 2.45) is 40.4 Å². The molecule has 3 fully saturated rings. The van der Waals surface area contributed by atoms with E-state index in [1.54, 1.807) is 0 Å². The third-order valence-electron chi connectivity index (χ3n) is 11.2. The predicted octanol–water partition coefficient (Wildman–Crippen LogP) is 7.06. The van der Waals surface area contributed by atoms with E-state index < -0.39 is 24.0 Å². The molecule has 0 amide bonds. The Kier molecular flexibility index (Phi) is 8.47. The maximum Gasteiger partial charge on any atom is 0.508 e. The van der Waals surface area contributed by atoms with Crippen molar-refractivity contribution in [2.45, 2.75) is 117 Å². The van der Waals surface area contributed by atoms with Gasteiger partial charge in [-0.25, -0.2) is 9.59 Å². The summed E-state index contributed by atoms with van der Waals surface area (Å²) in [6.07, 6.45) is 10.2. The Labute approximate surface area is 229 Å². The SMILES string of the molecule is COC(=O)O[C@@H]1CC2=CC[C@H]3[C@@H]4CC[C@H]([C@H](C)CCCC(C)(C)O)[C@@]4(C)CC[C@@H]3[C@@]2(C)[C@@H](OC(=O)OC)C1. The number of hydrogen-bond donors (Lipinski definition) is 1. The van der Waals surface area contributed by atoms with E-state index >= 15 is 0 Å². The van der Waals surface area contributed by atoms with E-state index in [0.717, 1.165) is 25.7 Å². The molecule has 0 radical (unpaired) electrons. The van der Waals surface area contributed by atoms with Gasteiger partial charge in [0.15, 0.2) is 0 Å². The van der Waals surface area contributed by atoms with E-state index in [-0.39, 0.29) is 11.5 Å². The van der Waals surface area contributed by atoms with Gasteiger partial charge in [0, 0.05) is 18.3 Å². The molecule has 0 aromatic heterocycles. The molecule has 7 heteroatoms. The van der Waals surface area contributed by atoms with E-state index in [9.17, 15) is 14.7 Å². The highest BCUT2D eigenvalue weighted by molar-refractivity contribution is 5.61. The molecule has 7 nitrogen and oxygen atoms in total. The maximum atomic E-state index is 12.3. The van der Waals surface area contributed by atoms with Crippen LogP contribution in [0.2, 0.25) is 0 Å². The highest BCUT2D eigenvalue weighted by Gasteiger charge is 2.62. The summed E-state index contributed by atoms with van der Waals surface area (Å²) in [7, 11) is 2.65. The van der Waals surface area contributed by atoms with Crippen molar-refractivity contribution in [3.8, 4) is 0 Å². The van der Waals surface area contributed by atoms with Crippen LogP contribution in [-0.2, 0) is 18.9 Å². The number of ether oxygens (including phenoxy) is 4. The Hall–Kier alpha value is -1.76. The molecule has 0 spiro atoms. The average Bonchev–Trinajstić information content (AvgIpc) is 3.21. The lowest BCUT2D eigenvalue weighted by molar-refractivity contribution is -0.121. The lowest BCUT2D eigenvalue weighted by atomic mass is 9.46. The molecule has 0 bridgehead atoms. The molecule has 0 heterocycles. The molecule has 4 aliphatic rings. The first-order chi connectivity index (χ1) is 17.8. The lowest BCUT2D eigenvalue weighted by Gasteiger charge is -2.59. The Balaban J connectivity index is 1.55. The summed E-state index contributed by atoms with van der Waals surface area (Å²) < 4.78 is 21.1. The smallest absolute Gasteiger partial charge is 0.438 e. The zero-order valence-electron chi connectivity index (χ0n) is 24.6. The van der Waals surface area contributed by atoms with Crippen LogP contribution in [0.1, 0.15) is 98.8 Å². The minimum atomic E-state index is -0.702. The van der Waals surface area contributed by atoms with Crippen molar-refractivity contribution in [1.29, 1.82) is 0 Å². The second kappa shape index (κ2) is 11.0. The third-order valence-corrected chi connectivity index (χ3v) is 11.2. The first kappa shape index (κ1) is 29.2. The van der Waals surface area contributed by atoms with Gasteiger partial charge in [-0.3, -0.25) is 0 Å². The first-order valence-electron chi connectivity index (χ1n) is 14.7. The Bertz CT molecular complexity index is 906. The molecular formula is C31H50O7. The van der Waals surface area contributed by atoms with Crippen LogP contribution in [0, 0.1) is 40.4 Å². The molecule has 3 saturated carbocycles. The fourth-order valence-corrected chi connectivity index (χ4v) is 9.30. The number of rotatable bonds is 7. The minimum Gasteiger partial charge on any atom is -0.438 e. The number of allylic oxidation sites excluding steroid dienone is 1. The summed E-state index contributed by atoms with van der Waals surface area (Å²) in [5.74, 6) is 2.98. The van der Waals surface area contributed by atoms with Crippen molar-refractivity contribution in [3.05, 3.63) is 11.6 Å². The van der Waals surface area contributed by atoms with Gasteiger partial charge in [-0.05, 0) is 87.4 Å².